The van der Waals surface area contributed by atoms with Crippen molar-refractivity contribution >= 4 is 17.3 Å². The standard InChI is InChI=1S/C21H26FN3O/c1-14(2)13-25(3)17-7-4-15(5-8-17)21(26)24-19-9-6-16-12-23-11-10-18(16)20(19)22/h4-9,14,23H,10-13H2,1-3H3,(H,24,26). The maximum absolute atomic E-state index is 14.7. The zero-order valence-electron chi connectivity index (χ0n) is 15.6. The molecule has 0 unspecified atom stereocenters. The Morgan fingerprint density at radius 2 is 1.96 bits per heavy atom. The zero-order valence-corrected chi connectivity index (χ0v) is 15.6. The molecular weight excluding hydrogens is 329 g/mol. The molecule has 1 aliphatic heterocycles. The van der Waals surface area contributed by atoms with Crippen molar-refractivity contribution in [3.63, 3.8) is 0 Å². The third-order valence-corrected chi connectivity index (χ3v) is 4.66. The molecule has 5 heteroatoms. The van der Waals surface area contributed by atoms with Gasteiger partial charge in [-0.25, -0.2) is 4.39 Å². The van der Waals surface area contributed by atoms with Gasteiger partial charge < -0.3 is 15.5 Å². The molecule has 4 nitrogen and oxygen atoms in total. The molecule has 1 amide bonds. The van der Waals surface area contributed by atoms with Crippen molar-refractivity contribution in [2.24, 2.45) is 5.92 Å². The first kappa shape index (κ1) is 18.4. The van der Waals surface area contributed by atoms with Gasteiger partial charge in [0, 0.05) is 31.4 Å². The molecule has 0 atom stereocenters. The van der Waals surface area contributed by atoms with E-state index >= 15 is 0 Å². The molecule has 0 fully saturated rings. The molecule has 3 rings (SSSR count). The molecule has 138 valence electrons. The van der Waals surface area contributed by atoms with E-state index in [-0.39, 0.29) is 17.4 Å². The van der Waals surface area contributed by atoms with E-state index in [1.165, 1.54) is 0 Å². The van der Waals surface area contributed by atoms with Crippen LogP contribution in [0, 0.1) is 11.7 Å². The molecule has 1 aliphatic rings. The number of amides is 1. The first-order chi connectivity index (χ1) is 12.5. The van der Waals surface area contributed by atoms with Gasteiger partial charge in [0.1, 0.15) is 5.82 Å². The van der Waals surface area contributed by atoms with Crippen molar-refractivity contribution < 1.29 is 9.18 Å². The Hall–Kier alpha value is -2.40. The molecule has 1 heterocycles. The van der Waals surface area contributed by atoms with Crippen molar-refractivity contribution in [1.29, 1.82) is 0 Å². The number of carbonyl (C=O) groups is 1. The van der Waals surface area contributed by atoms with Gasteiger partial charge in [0.25, 0.3) is 5.91 Å². The van der Waals surface area contributed by atoms with Gasteiger partial charge in [-0.1, -0.05) is 19.9 Å². The molecule has 2 N–H and O–H groups in total. The predicted molar refractivity (Wildman–Crippen MR) is 104 cm³/mol. The average Bonchev–Trinajstić information content (AvgIpc) is 2.64. The van der Waals surface area contributed by atoms with Crippen molar-refractivity contribution in [1.82, 2.24) is 5.32 Å². The lowest BCUT2D eigenvalue weighted by molar-refractivity contribution is 0.102. The van der Waals surface area contributed by atoms with Crippen LogP contribution < -0.4 is 15.5 Å². The first-order valence-electron chi connectivity index (χ1n) is 9.09. The van der Waals surface area contributed by atoms with Gasteiger partial charge in [-0.05, 0) is 60.3 Å². The molecule has 0 radical (unpaired) electrons. The van der Waals surface area contributed by atoms with Crippen LogP contribution in [0.3, 0.4) is 0 Å². The summed E-state index contributed by atoms with van der Waals surface area (Å²) in [5.41, 5.74) is 3.49. The summed E-state index contributed by atoms with van der Waals surface area (Å²) in [6.07, 6.45) is 0.641. The molecular formula is C21H26FN3O. The fourth-order valence-electron chi connectivity index (χ4n) is 3.35. The molecule has 0 saturated carbocycles. The number of benzene rings is 2. The minimum atomic E-state index is -0.314. The second kappa shape index (κ2) is 7.87. The van der Waals surface area contributed by atoms with E-state index in [2.05, 4.69) is 29.4 Å². The lowest BCUT2D eigenvalue weighted by atomic mass is 9.99. The largest absolute Gasteiger partial charge is 0.374 e. The number of fused-ring (bicyclic) bond motifs is 1. The molecule has 2 aromatic carbocycles. The molecule has 0 saturated heterocycles. The fraction of sp³-hybridized carbons (Fsp3) is 0.381. The van der Waals surface area contributed by atoms with Gasteiger partial charge >= 0.3 is 0 Å². The van der Waals surface area contributed by atoms with Crippen LogP contribution in [-0.4, -0.2) is 26.0 Å². The van der Waals surface area contributed by atoms with E-state index in [9.17, 15) is 9.18 Å². The van der Waals surface area contributed by atoms with Crippen molar-refractivity contribution in [2.75, 3.05) is 30.4 Å². The summed E-state index contributed by atoms with van der Waals surface area (Å²) < 4.78 is 14.7. The molecule has 0 spiro atoms. The Bertz CT molecular complexity index is 787. The van der Waals surface area contributed by atoms with Gasteiger partial charge in [0.05, 0.1) is 5.69 Å². The topological polar surface area (TPSA) is 44.4 Å². The van der Waals surface area contributed by atoms with Gasteiger partial charge in [0.2, 0.25) is 0 Å². The molecule has 2 aromatic rings. The maximum atomic E-state index is 14.7. The van der Waals surface area contributed by atoms with Crippen molar-refractivity contribution in [2.45, 2.75) is 26.8 Å². The summed E-state index contributed by atoms with van der Waals surface area (Å²) >= 11 is 0. The Morgan fingerprint density at radius 3 is 2.65 bits per heavy atom. The average molecular weight is 355 g/mol. The lowest BCUT2D eigenvalue weighted by Crippen LogP contribution is -2.25. The molecule has 0 bridgehead atoms. The SMILES string of the molecule is CC(C)CN(C)c1ccc(C(=O)Nc2ccc3c(c2F)CCNC3)cc1. The van der Waals surface area contributed by atoms with Crippen molar-refractivity contribution in [3.8, 4) is 0 Å². The maximum Gasteiger partial charge on any atom is 0.255 e. The minimum absolute atomic E-state index is 0.247. The van der Waals surface area contributed by atoms with Crippen LogP contribution in [0.25, 0.3) is 0 Å². The quantitative estimate of drug-likeness (QED) is 0.857. The predicted octanol–water partition coefficient (Wildman–Crippen LogP) is 3.82. The highest BCUT2D eigenvalue weighted by Crippen LogP contribution is 2.25. The van der Waals surface area contributed by atoms with E-state index in [0.717, 1.165) is 24.3 Å². The number of halogens is 1. The second-order valence-corrected chi connectivity index (χ2v) is 7.27. The van der Waals surface area contributed by atoms with Crippen LogP contribution in [-0.2, 0) is 13.0 Å². The van der Waals surface area contributed by atoms with Gasteiger partial charge in [-0.2, -0.15) is 0 Å². The number of nitrogens with zero attached hydrogens (tertiary/aromatic N) is 1. The van der Waals surface area contributed by atoms with Crippen LogP contribution in [0.2, 0.25) is 0 Å². The van der Waals surface area contributed by atoms with E-state index in [1.54, 1.807) is 18.2 Å². The van der Waals surface area contributed by atoms with Crippen LogP contribution >= 0.6 is 0 Å². The third-order valence-electron chi connectivity index (χ3n) is 4.66. The highest BCUT2D eigenvalue weighted by atomic mass is 19.1. The van der Waals surface area contributed by atoms with Gasteiger partial charge in [-0.3, -0.25) is 4.79 Å². The summed E-state index contributed by atoms with van der Waals surface area (Å²) in [6.45, 7) is 6.71. The highest BCUT2D eigenvalue weighted by Gasteiger charge is 2.18. The molecule has 26 heavy (non-hydrogen) atoms. The van der Waals surface area contributed by atoms with E-state index in [1.807, 2.05) is 25.2 Å². The van der Waals surface area contributed by atoms with Crippen LogP contribution in [0.1, 0.15) is 35.3 Å². The summed E-state index contributed by atoms with van der Waals surface area (Å²) in [4.78, 5) is 14.6. The Balaban J connectivity index is 1.72. The third kappa shape index (κ3) is 4.05. The lowest BCUT2D eigenvalue weighted by Gasteiger charge is -2.21. The monoisotopic (exact) mass is 355 g/mol. The van der Waals surface area contributed by atoms with Crippen molar-refractivity contribution in [3.05, 3.63) is 58.9 Å². The Morgan fingerprint density at radius 1 is 1.23 bits per heavy atom. The molecule has 0 aromatic heterocycles. The van der Waals surface area contributed by atoms with Gasteiger partial charge in [0.15, 0.2) is 0 Å². The van der Waals surface area contributed by atoms with E-state index in [0.29, 0.717) is 30.0 Å². The number of hydrogen-bond acceptors (Lipinski definition) is 3. The highest BCUT2D eigenvalue weighted by molar-refractivity contribution is 6.04. The number of nitrogens with one attached hydrogen (secondary N) is 2. The smallest absolute Gasteiger partial charge is 0.255 e. The summed E-state index contributed by atoms with van der Waals surface area (Å²) in [5, 5.41) is 5.93. The van der Waals surface area contributed by atoms with E-state index < -0.39 is 0 Å². The number of carbonyl (C=O) groups excluding carboxylic acids is 1. The minimum Gasteiger partial charge on any atom is -0.374 e. The zero-order chi connectivity index (χ0) is 18.7. The summed E-state index contributed by atoms with van der Waals surface area (Å²) in [7, 11) is 2.03. The summed E-state index contributed by atoms with van der Waals surface area (Å²) in [5.74, 6) is -0.0494. The number of rotatable bonds is 5. The number of anilines is 2. The number of hydrogen-bond donors (Lipinski definition) is 2. The van der Waals surface area contributed by atoms with E-state index in [4.69, 9.17) is 0 Å². The first-order valence-corrected chi connectivity index (χ1v) is 9.09. The Labute approximate surface area is 154 Å². The van der Waals surface area contributed by atoms with Crippen LogP contribution in [0.4, 0.5) is 15.8 Å². The van der Waals surface area contributed by atoms with Gasteiger partial charge in [-0.15, -0.1) is 0 Å². The summed E-state index contributed by atoms with van der Waals surface area (Å²) in [6, 6.07) is 10.9. The molecule has 0 aliphatic carbocycles. The fourth-order valence-corrected chi connectivity index (χ4v) is 3.35. The van der Waals surface area contributed by atoms with Crippen LogP contribution in [0.5, 0.6) is 0 Å². The van der Waals surface area contributed by atoms with Crippen LogP contribution in [0.15, 0.2) is 36.4 Å². The Kier molecular flexibility index (Phi) is 5.57. The second-order valence-electron chi connectivity index (χ2n) is 7.27. The normalized spacial score (nSPS) is 13.4.